The maximum atomic E-state index is 11.9. The summed E-state index contributed by atoms with van der Waals surface area (Å²) in [6.45, 7) is 4.65. The van der Waals surface area contributed by atoms with E-state index in [1.54, 1.807) is 16.8 Å². The Morgan fingerprint density at radius 3 is 2.65 bits per heavy atom. The molecular weight excluding hydrogens is 392 g/mol. The van der Waals surface area contributed by atoms with Crippen molar-refractivity contribution in [2.24, 2.45) is 0 Å². The zero-order valence-electron chi connectivity index (χ0n) is 17.7. The van der Waals surface area contributed by atoms with Gasteiger partial charge in [0.1, 0.15) is 11.6 Å². The van der Waals surface area contributed by atoms with Crippen LogP contribution in [0.5, 0.6) is 0 Å². The number of anilines is 2. The molecule has 3 N–H and O–H groups in total. The van der Waals surface area contributed by atoms with E-state index < -0.39 is 0 Å². The van der Waals surface area contributed by atoms with E-state index in [0.717, 1.165) is 30.0 Å². The fourth-order valence-electron chi connectivity index (χ4n) is 3.31. The minimum atomic E-state index is -0.357. The molecule has 2 fully saturated rings. The molecule has 2 amide bonds. The highest BCUT2D eigenvalue weighted by Crippen LogP contribution is 2.28. The van der Waals surface area contributed by atoms with Gasteiger partial charge >= 0.3 is 0 Å². The first-order chi connectivity index (χ1) is 15.2. The van der Waals surface area contributed by atoms with Gasteiger partial charge in [-0.2, -0.15) is 9.61 Å². The zero-order valence-corrected chi connectivity index (χ0v) is 17.7. The highest BCUT2D eigenvalue weighted by Gasteiger charge is 2.25. The van der Waals surface area contributed by atoms with Crippen LogP contribution >= 0.6 is 0 Å². The quantitative estimate of drug-likeness (QED) is 0.419. The summed E-state index contributed by atoms with van der Waals surface area (Å²) < 4.78 is 1.74. The molecule has 2 aromatic heterocycles. The lowest BCUT2D eigenvalue weighted by Gasteiger charge is -2.11. The van der Waals surface area contributed by atoms with Gasteiger partial charge in [-0.15, -0.1) is 0 Å². The molecular formula is C23H26N6O2. The average Bonchev–Trinajstić information content (AvgIpc) is 3.43. The number of imide groups is 1. The summed E-state index contributed by atoms with van der Waals surface area (Å²) in [6, 6.07) is 12.5. The van der Waals surface area contributed by atoms with E-state index in [2.05, 4.69) is 33.2 Å². The van der Waals surface area contributed by atoms with Crippen LogP contribution < -0.4 is 16.0 Å². The number of benzene rings is 1. The van der Waals surface area contributed by atoms with Gasteiger partial charge in [-0.1, -0.05) is 44.2 Å². The van der Waals surface area contributed by atoms with Gasteiger partial charge in [-0.3, -0.25) is 14.9 Å². The highest BCUT2D eigenvalue weighted by atomic mass is 16.2. The number of carbonyl (C=O) groups is 2. The average molecular weight is 419 g/mol. The van der Waals surface area contributed by atoms with E-state index in [9.17, 15) is 9.59 Å². The Morgan fingerprint density at radius 2 is 1.97 bits per heavy atom. The Labute approximate surface area is 180 Å². The third-order valence-electron chi connectivity index (χ3n) is 4.97. The van der Waals surface area contributed by atoms with Crippen molar-refractivity contribution in [1.82, 2.24) is 19.9 Å². The molecule has 0 spiro atoms. The molecule has 3 aromatic rings. The van der Waals surface area contributed by atoms with Crippen LogP contribution in [0.4, 0.5) is 11.6 Å². The van der Waals surface area contributed by atoms with E-state index in [4.69, 9.17) is 4.98 Å². The SMILES string of the molecule is CC.O=C1C/C(=C\c2cnn3c(NC4CC4)cc(NCc4ccccc4)nc23)C(=O)N1. The summed E-state index contributed by atoms with van der Waals surface area (Å²) in [5.74, 6) is 0.928. The van der Waals surface area contributed by atoms with Crippen molar-refractivity contribution in [2.45, 2.75) is 45.7 Å². The van der Waals surface area contributed by atoms with E-state index in [0.29, 0.717) is 29.4 Å². The van der Waals surface area contributed by atoms with Crippen LogP contribution in [0.25, 0.3) is 11.7 Å². The van der Waals surface area contributed by atoms with Crippen LogP contribution in [0.3, 0.4) is 0 Å². The molecule has 1 aliphatic carbocycles. The Balaban J connectivity index is 0.00000112. The number of hydrogen-bond donors (Lipinski definition) is 3. The second-order valence-electron chi connectivity index (χ2n) is 7.34. The van der Waals surface area contributed by atoms with Crippen molar-refractivity contribution in [2.75, 3.05) is 10.6 Å². The van der Waals surface area contributed by atoms with E-state index in [-0.39, 0.29) is 18.2 Å². The molecule has 2 aliphatic rings. The smallest absolute Gasteiger partial charge is 0.254 e. The first-order valence-electron chi connectivity index (χ1n) is 10.6. The second kappa shape index (κ2) is 8.99. The molecule has 3 heterocycles. The fourth-order valence-corrected chi connectivity index (χ4v) is 3.31. The van der Waals surface area contributed by atoms with E-state index in [1.165, 1.54) is 0 Å². The molecule has 0 atom stereocenters. The van der Waals surface area contributed by atoms with Crippen LogP contribution in [-0.4, -0.2) is 32.5 Å². The Bertz CT molecular complexity index is 1130. The molecule has 160 valence electrons. The van der Waals surface area contributed by atoms with Crippen LogP contribution in [0.15, 0.2) is 48.2 Å². The predicted octanol–water partition coefficient (Wildman–Crippen LogP) is 3.37. The van der Waals surface area contributed by atoms with Crippen LogP contribution in [-0.2, 0) is 16.1 Å². The number of hydrogen-bond acceptors (Lipinski definition) is 6. The fraction of sp³-hybridized carbons (Fsp3) is 0.304. The standard InChI is InChI=1S/C21H20N6O2.C2H6/c28-19-9-14(21(29)26-19)8-15-12-23-27-18(24-16-6-7-16)10-17(25-20(15)27)22-11-13-4-2-1-3-5-13;1-2/h1-5,8,10,12,16,24H,6-7,9,11H2,(H,22,25)(H,26,28,29);1-2H3/b14-8+;. The molecule has 0 unspecified atom stereocenters. The number of nitrogens with zero attached hydrogens (tertiary/aromatic N) is 3. The molecule has 1 saturated carbocycles. The number of rotatable bonds is 6. The highest BCUT2D eigenvalue weighted by molar-refractivity contribution is 6.15. The molecule has 0 bridgehead atoms. The predicted molar refractivity (Wildman–Crippen MR) is 120 cm³/mol. The van der Waals surface area contributed by atoms with Crippen LogP contribution in [0, 0.1) is 0 Å². The molecule has 5 rings (SSSR count). The third-order valence-corrected chi connectivity index (χ3v) is 4.97. The van der Waals surface area contributed by atoms with Crippen molar-refractivity contribution in [1.29, 1.82) is 0 Å². The van der Waals surface area contributed by atoms with Gasteiger partial charge in [0, 0.05) is 29.8 Å². The van der Waals surface area contributed by atoms with Crippen molar-refractivity contribution in [3.63, 3.8) is 0 Å². The zero-order chi connectivity index (χ0) is 21.8. The van der Waals surface area contributed by atoms with Gasteiger partial charge in [0.15, 0.2) is 5.65 Å². The minimum Gasteiger partial charge on any atom is -0.367 e. The summed E-state index contributed by atoms with van der Waals surface area (Å²) in [5.41, 5.74) is 2.91. The van der Waals surface area contributed by atoms with Gasteiger partial charge in [0.2, 0.25) is 5.91 Å². The third kappa shape index (κ3) is 4.74. The monoisotopic (exact) mass is 418 g/mol. The number of amides is 2. The lowest BCUT2D eigenvalue weighted by Crippen LogP contribution is -2.19. The molecule has 1 saturated heterocycles. The van der Waals surface area contributed by atoms with Gasteiger partial charge < -0.3 is 10.6 Å². The molecule has 31 heavy (non-hydrogen) atoms. The van der Waals surface area contributed by atoms with E-state index >= 15 is 0 Å². The molecule has 1 aliphatic heterocycles. The normalized spacial score (nSPS) is 16.8. The second-order valence-corrected chi connectivity index (χ2v) is 7.34. The van der Waals surface area contributed by atoms with Gasteiger partial charge in [0.05, 0.1) is 12.6 Å². The van der Waals surface area contributed by atoms with Gasteiger partial charge in [-0.05, 0) is 24.5 Å². The van der Waals surface area contributed by atoms with Gasteiger partial charge in [-0.25, -0.2) is 4.98 Å². The number of carbonyl (C=O) groups excluding carboxylic acids is 2. The van der Waals surface area contributed by atoms with Gasteiger partial charge in [0.25, 0.3) is 5.91 Å². The Hall–Kier alpha value is -3.68. The number of nitrogens with one attached hydrogen (secondary N) is 3. The molecule has 8 heteroatoms. The minimum absolute atomic E-state index is 0.0787. The first-order valence-corrected chi connectivity index (χ1v) is 10.6. The molecule has 1 aromatic carbocycles. The van der Waals surface area contributed by atoms with Crippen molar-refractivity contribution >= 4 is 35.2 Å². The molecule has 0 radical (unpaired) electrons. The number of fused-ring (bicyclic) bond motifs is 1. The molecule has 8 nitrogen and oxygen atoms in total. The summed E-state index contributed by atoms with van der Waals surface area (Å²) >= 11 is 0. The number of aromatic nitrogens is 3. The maximum absolute atomic E-state index is 11.9. The van der Waals surface area contributed by atoms with Crippen molar-refractivity contribution in [3.8, 4) is 0 Å². The van der Waals surface area contributed by atoms with E-state index in [1.807, 2.05) is 38.1 Å². The van der Waals surface area contributed by atoms with Crippen LogP contribution in [0.1, 0.15) is 44.2 Å². The summed E-state index contributed by atoms with van der Waals surface area (Å²) in [7, 11) is 0. The summed E-state index contributed by atoms with van der Waals surface area (Å²) in [4.78, 5) is 28.1. The Kier molecular flexibility index (Phi) is 5.97. The topological polar surface area (TPSA) is 100 Å². The largest absolute Gasteiger partial charge is 0.367 e. The lowest BCUT2D eigenvalue weighted by molar-refractivity contribution is -0.124. The maximum Gasteiger partial charge on any atom is 0.254 e. The van der Waals surface area contributed by atoms with Crippen molar-refractivity contribution in [3.05, 3.63) is 59.3 Å². The van der Waals surface area contributed by atoms with Crippen molar-refractivity contribution < 1.29 is 9.59 Å². The first kappa shape index (κ1) is 20.6. The summed E-state index contributed by atoms with van der Waals surface area (Å²) in [6.07, 6.45) is 5.71. The summed E-state index contributed by atoms with van der Waals surface area (Å²) in [5, 5.41) is 13.6. The lowest BCUT2D eigenvalue weighted by atomic mass is 10.1. The Morgan fingerprint density at radius 1 is 1.19 bits per heavy atom. The van der Waals surface area contributed by atoms with Crippen LogP contribution in [0.2, 0.25) is 0 Å².